The van der Waals surface area contributed by atoms with Crippen molar-refractivity contribution in [1.29, 1.82) is 0 Å². The van der Waals surface area contributed by atoms with E-state index in [0.717, 1.165) is 4.88 Å². The normalized spacial score (nSPS) is 12.5. The number of rotatable bonds is 3. The SMILES string of the molecule is CNC(=O)C(NC)c1ccc(Cl)s1. The summed E-state index contributed by atoms with van der Waals surface area (Å²) in [5.74, 6) is -0.0546. The molecule has 1 aromatic heterocycles. The molecule has 1 heterocycles. The Balaban J connectivity index is 2.84. The van der Waals surface area contributed by atoms with E-state index in [4.69, 9.17) is 11.6 Å². The molecule has 0 saturated carbocycles. The number of hydrogen-bond acceptors (Lipinski definition) is 3. The van der Waals surface area contributed by atoms with Gasteiger partial charge in [0.05, 0.1) is 4.34 Å². The topological polar surface area (TPSA) is 41.1 Å². The first kappa shape index (κ1) is 10.5. The molecular weight excluding hydrogens is 208 g/mol. The highest BCUT2D eigenvalue weighted by atomic mass is 35.5. The van der Waals surface area contributed by atoms with Gasteiger partial charge in [0.1, 0.15) is 6.04 Å². The Morgan fingerprint density at radius 2 is 2.23 bits per heavy atom. The van der Waals surface area contributed by atoms with Crippen LogP contribution in [0.3, 0.4) is 0 Å². The number of amides is 1. The summed E-state index contributed by atoms with van der Waals surface area (Å²) in [6.45, 7) is 0. The summed E-state index contributed by atoms with van der Waals surface area (Å²) in [6, 6.07) is 3.33. The van der Waals surface area contributed by atoms with Crippen LogP contribution in [0, 0.1) is 0 Å². The first-order valence-electron chi connectivity index (χ1n) is 3.83. The lowest BCUT2D eigenvalue weighted by molar-refractivity contribution is -0.122. The Labute approximate surface area is 86.1 Å². The van der Waals surface area contributed by atoms with Gasteiger partial charge in [-0.3, -0.25) is 4.79 Å². The van der Waals surface area contributed by atoms with Crippen molar-refractivity contribution in [3.8, 4) is 0 Å². The van der Waals surface area contributed by atoms with Crippen LogP contribution < -0.4 is 10.6 Å². The fourth-order valence-electron chi connectivity index (χ4n) is 1.03. The van der Waals surface area contributed by atoms with E-state index >= 15 is 0 Å². The molecule has 0 aliphatic carbocycles. The minimum absolute atomic E-state index is 0.0546. The minimum atomic E-state index is -0.303. The van der Waals surface area contributed by atoms with E-state index < -0.39 is 0 Å². The molecule has 1 amide bonds. The van der Waals surface area contributed by atoms with Gasteiger partial charge in [0, 0.05) is 11.9 Å². The van der Waals surface area contributed by atoms with Crippen LogP contribution in [0.2, 0.25) is 4.34 Å². The van der Waals surface area contributed by atoms with Crippen LogP contribution in [0.1, 0.15) is 10.9 Å². The van der Waals surface area contributed by atoms with Crippen LogP contribution in [-0.4, -0.2) is 20.0 Å². The van der Waals surface area contributed by atoms with Crippen molar-refractivity contribution in [2.24, 2.45) is 0 Å². The van der Waals surface area contributed by atoms with Gasteiger partial charge < -0.3 is 10.6 Å². The van der Waals surface area contributed by atoms with Crippen molar-refractivity contribution in [2.45, 2.75) is 6.04 Å². The Kier molecular flexibility index (Phi) is 3.71. The van der Waals surface area contributed by atoms with E-state index in [1.807, 2.05) is 6.07 Å². The van der Waals surface area contributed by atoms with E-state index in [-0.39, 0.29) is 11.9 Å². The van der Waals surface area contributed by atoms with Gasteiger partial charge in [-0.25, -0.2) is 0 Å². The molecule has 0 saturated heterocycles. The molecule has 0 aliphatic rings. The Hall–Kier alpha value is -0.580. The lowest BCUT2D eigenvalue weighted by atomic mass is 10.2. The summed E-state index contributed by atoms with van der Waals surface area (Å²) in [4.78, 5) is 12.3. The highest BCUT2D eigenvalue weighted by molar-refractivity contribution is 7.16. The summed E-state index contributed by atoms with van der Waals surface area (Å²) in [5.41, 5.74) is 0. The Morgan fingerprint density at radius 3 is 2.62 bits per heavy atom. The van der Waals surface area contributed by atoms with Gasteiger partial charge in [-0.15, -0.1) is 11.3 Å². The zero-order valence-electron chi connectivity index (χ0n) is 7.43. The predicted octanol–water partition coefficient (Wildman–Crippen LogP) is 1.41. The largest absolute Gasteiger partial charge is 0.357 e. The number of thiophene rings is 1. The molecule has 3 nitrogen and oxygen atoms in total. The summed E-state index contributed by atoms with van der Waals surface area (Å²) in [6.07, 6.45) is 0. The molecule has 72 valence electrons. The Morgan fingerprint density at radius 1 is 1.54 bits per heavy atom. The molecular formula is C8H11ClN2OS. The van der Waals surface area contributed by atoms with Crippen LogP contribution in [0.5, 0.6) is 0 Å². The minimum Gasteiger partial charge on any atom is -0.357 e. The molecule has 0 aromatic carbocycles. The third kappa shape index (κ3) is 2.43. The molecule has 13 heavy (non-hydrogen) atoms. The van der Waals surface area contributed by atoms with Crippen molar-refractivity contribution in [3.05, 3.63) is 21.3 Å². The molecule has 0 spiro atoms. The van der Waals surface area contributed by atoms with E-state index in [9.17, 15) is 4.79 Å². The van der Waals surface area contributed by atoms with Crippen molar-refractivity contribution < 1.29 is 4.79 Å². The zero-order valence-corrected chi connectivity index (χ0v) is 9.00. The van der Waals surface area contributed by atoms with Gasteiger partial charge in [0.25, 0.3) is 0 Å². The molecule has 0 radical (unpaired) electrons. The van der Waals surface area contributed by atoms with E-state index in [2.05, 4.69) is 10.6 Å². The second kappa shape index (κ2) is 4.60. The number of carbonyl (C=O) groups is 1. The van der Waals surface area contributed by atoms with Crippen LogP contribution in [0.25, 0.3) is 0 Å². The van der Waals surface area contributed by atoms with Crippen LogP contribution in [0.15, 0.2) is 12.1 Å². The van der Waals surface area contributed by atoms with Crippen LogP contribution in [0.4, 0.5) is 0 Å². The number of likely N-dealkylation sites (N-methyl/N-ethyl adjacent to an activating group) is 2. The average molecular weight is 219 g/mol. The van der Waals surface area contributed by atoms with Gasteiger partial charge in [-0.05, 0) is 19.2 Å². The number of nitrogens with one attached hydrogen (secondary N) is 2. The van der Waals surface area contributed by atoms with Crippen LogP contribution in [-0.2, 0) is 4.79 Å². The fraction of sp³-hybridized carbons (Fsp3) is 0.375. The number of carbonyl (C=O) groups excluding carboxylic acids is 1. The van der Waals surface area contributed by atoms with Gasteiger partial charge in [0.2, 0.25) is 5.91 Å². The summed E-state index contributed by atoms with van der Waals surface area (Å²) in [5, 5.41) is 5.51. The fourth-order valence-corrected chi connectivity index (χ4v) is 2.20. The second-order valence-corrected chi connectivity index (χ2v) is 4.22. The van der Waals surface area contributed by atoms with Gasteiger partial charge in [0.15, 0.2) is 0 Å². The van der Waals surface area contributed by atoms with Crippen LogP contribution >= 0.6 is 22.9 Å². The molecule has 2 N–H and O–H groups in total. The summed E-state index contributed by atoms with van der Waals surface area (Å²) >= 11 is 7.17. The zero-order chi connectivity index (χ0) is 9.84. The smallest absolute Gasteiger partial charge is 0.242 e. The maximum absolute atomic E-state index is 11.3. The predicted molar refractivity (Wildman–Crippen MR) is 55.2 cm³/mol. The van der Waals surface area contributed by atoms with E-state index in [1.165, 1.54) is 11.3 Å². The lowest BCUT2D eigenvalue weighted by Gasteiger charge is -2.11. The van der Waals surface area contributed by atoms with Crippen molar-refractivity contribution in [1.82, 2.24) is 10.6 Å². The molecule has 0 aliphatic heterocycles. The molecule has 0 bridgehead atoms. The van der Waals surface area contributed by atoms with E-state index in [1.54, 1.807) is 20.2 Å². The lowest BCUT2D eigenvalue weighted by Crippen LogP contribution is -2.33. The first-order valence-corrected chi connectivity index (χ1v) is 5.02. The first-order chi connectivity index (χ1) is 6.19. The number of halogens is 1. The summed E-state index contributed by atoms with van der Waals surface area (Å²) < 4.78 is 0.694. The maximum Gasteiger partial charge on any atom is 0.242 e. The highest BCUT2D eigenvalue weighted by Gasteiger charge is 2.18. The Bertz CT molecular complexity index is 300. The number of hydrogen-bond donors (Lipinski definition) is 2. The molecule has 1 unspecified atom stereocenters. The third-order valence-electron chi connectivity index (χ3n) is 1.68. The van der Waals surface area contributed by atoms with Gasteiger partial charge >= 0.3 is 0 Å². The second-order valence-electron chi connectivity index (χ2n) is 2.48. The van der Waals surface area contributed by atoms with Crippen molar-refractivity contribution in [2.75, 3.05) is 14.1 Å². The van der Waals surface area contributed by atoms with E-state index in [0.29, 0.717) is 4.34 Å². The highest BCUT2D eigenvalue weighted by Crippen LogP contribution is 2.26. The molecule has 5 heteroatoms. The summed E-state index contributed by atoms with van der Waals surface area (Å²) in [7, 11) is 3.36. The van der Waals surface area contributed by atoms with Crippen molar-refractivity contribution in [3.63, 3.8) is 0 Å². The third-order valence-corrected chi connectivity index (χ3v) is 2.97. The van der Waals surface area contributed by atoms with Gasteiger partial charge in [-0.2, -0.15) is 0 Å². The maximum atomic E-state index is 11.3. The molecule has 0 fully saturated rings. The standard InChI is InChI=1S/C8H11ClN2OS/c1-10-7(8(12)11-2)5-3-4-6(9)13-5/h3-4,7,10H,1-2H3,(H,11,12). The van der Waals surface area contributed by atoms with Crippen molar-refractivity contribution >= 4 is 28.8 Å². The quantitative estimate of drug-likeness (QED) is 0.806. The monoisotopic (exact) mass is 218 g/mol. The van der Waals surface area contributed by atoms with Gasteiger partial charge in [-0.1, -0.05) is 11.6 Å². The molecule has 1 rings (SSSR count). The molecule has 1 atom stereocenters. The molecule has 1 aromatic rings. The average Bonchev–Trinajstić information content (AvgIpc) is 2.53.